The molecule has 26 heavy (non-hydrogen) atoms. The van der Waals surface area contributed by atoms with E-state index in [0.29, 0.717) is 18.7 Å². The van der Waals surface area contributed by atoms with Gasteiger partial charge in [-0.1, -0.05) is 38.1 Å². The number of amides is 2. The number of aromatic nitrogens is 1. The summed E-state index contributed by atoms with van der Waals surface area (Å²) in [6.07, 6.45) is 1.71. The van der Waals surface area contributed by atoms with Crippen LogP contribution in [-0.4, -0.2) is 34.8 Å². The van der Waals surface area contributed by atoms with Gasteiger partial charge < -0.3 is 10.2 Å². The van der Waals surface area contributed by atoms with Crippen molar-refractivity contribution in [1.29, 1.82) is 0 Å². The van der Waals surface area contributed by atoms with E-state index in [4.69, 9.17) is 0 Å². The minimum absolute atomic E-state index is 0.0587. The van der Waals surface area contributed by atoms with Gasteiger partial charge in [0.2, 0.25) is 0 Å². The van der Waals surface area contributed by atoms with Gasteiger partial charge in [-0.25, -0.2) is 9.37 Å². The summed E-state index contributed by atoms with van der Waals surface area (Å²) in [4.78, 5) is 30.8. The number of nitrogens with one attached hydrogen (secondary N) is 1. The minimum Gasteiger partial charge on any atom is -0.347 e. The van der Waals surface area contributed by atoms with Crippen molar-refractivity contribution in [3.8, 4) is 0 Å². The van der Waals surface area contributed by atoms with Gasteiger partial charge in [0, 0.05) is 25.2 Å². The van der Waals surface area contributed by atoms with E-state index in [-0.39, 0.29) is 29.7 Å². The van der Waals surface area contributed by atoms with Crippen molar-refractivity contribution in [2.24, 2.45) is 0 Å². The summed E-state index contributed by atoms with van der Waals surface area (Å²) < 4.78 is 13.6. The van der Waals surface area contributed by atoms with Crippen molar-refractivity contribution >= 4 is 11.8 Å². The molecule has 1 aromatic carbocycles. The molecule has 2 amide bonds. The second-order valence-corrected chi connectivity index (χ2v) is 5.97. The standard InChI is InChI=1S/C20H24FN3O2/c1-3-12-24(13-4-2)20(26)18-11-7-10-17(23-18)19(25)22-14-15-8-5-6-9-16(15)21/h5-11H,3-4,12-14H2,1-2H3,(H,22,25). The summed E-state index contributed by atoms with van der Waals surface area (Å²) in [7, 11) is 0. The van der Waals surface area contributed by atoms with Crippen molar-refractivity contribution in [2.75, 3.05) is 13.1 Å². The van der Waals surface area contributed by atoms with Crippen LogP contribution in [0.15, 0.2) is 42.5 Å². The summed E-state index contributed by atoms with van der Waals surface area (Å²) in [6, 6.07) is 11.0. The fourth-order valence-corrected chi connectivity index (χ4v) is 2.60. The van der Waals surface area contributed by atoms with Crippen LogP contribution in [0.3, 0.4) is 0 Å². The Morgan fingerprint density at radius 2 is 1.65 bits per heavy atom. The van der Waals surface area contributed by atoms with Gasteiger partial charge >= 0.3 is 0 Å². The van der Waals surface area contributed by atoms with Crippen LogP contribution in [0.5, 0.6) is 0 Å². The fourth-order valence-electron chi connectivity index (χ4n) is 2.60. The largest absolute Gasteiger partial charge is 0.347 e. The van der Waals surface area contributed by atoms with E-state index in [9.17, 15) is 14.0 Å². The summed E-state index contributed by atoms with van der Waals surface area (Å²) in [5.41, 5.74) is 0.774. The number of halogens is 1. The fraction of sp³-hybridized carbons (Fsp3) is 0.350. The first-order valence-corrected chi connectivity index (χ1v) is 8.84. The molecule has 0 bridgehead atoms. The topological polar surface area (TPSA) is 62.3 Å². The van der Waals surface area contributed by atoms with Gasteiger partial charge in [0.1, 0.15) is 17.2 Å². The average molecular weight is 357 g/mol. The number of nitrogens with zero attached hydrogens (tertiary/aromatic N) is 2. The van der Waals surface area contributed by atoms with E-state index >= 15 is 0 Å². The van der Waals surface area contributed by atoms with Crippen molar-refractivity contribution in [3.63, 3.8) is 0 Å². The molecule has 0 aliphatic heterocycles. The molecule has 1 aromatic heterocycles. The zero-order valence-electron chi connectivity index (χ0n) is 15.2. The van der Waals surface area contributed by atoms with Crippen LogP contribution in [-0.2, 0) is 6.54 Å². The molecule has 0 spiro atoms. The first kappa shape index (κ1) is 19.6. The predicted octanol–water partition coefficient (Wildman–Crippen LogP) is 3.41. The van der Waals surface area contributed by atoms with Gasteiger partial charge in [0.05, 0.1) is 0 Å². The Labute approximate surface area is 153 Å². The molecule has 6 heteroatoms. The van der Waals surface area contributed by atoms with Gasteiger partial charge in [-0.15, -0.1) is 0 Å². The zero-order chi connectivity index (χ0) is 18.9. The molecule has 1 heterocycles. The number of carbonyl (C=O) groups excluding carboxylic acids is 2. The summed E-state index contributed by atoms with van der Waals surface area (Å²) in [6.45, 7) is 5.38. The highest BCUT2D eigenvalue weighted by molar-refractivity contribution is 5.96. The van der Waals surface area contributed by atoms with Crippen molar-refractivity contribution < 1.29 is 14.0 Å². The summed E-state index contributed by atoms with van der Waals surface area (Å²) in [5.74, 6) is -1.00. The Morgan fingerprint density at radius 1 is 1.00 bits per heavy atom. The maximum Gasteiger partial charge on any atom is 0.272 e. The number of benzene rings is 1. The van der Waals surface area contributed by atoms with Crippen molar-refractivity contribution in [1.82, 2.24) is 15.2 Å². The molecule has 2 rings (SSSR count). The second kappa shape index (κ2) is 9.65. The van der Waals surface area contributed by atoms with Crippen LogP contribution in [0.2, 0.25) is 0 Å². The van der Waals surface area contributed by atoms with E-state index in [2.05, 4.69) is 10.3 Å². The van der Waals surface area contributed by atoms with Crippen LogP contribution in [0.25, 0.3) is 0 Å². The number of pyridine rings is 1. The van der Waals surface area contributed by atoms with E-state index in [1.807, 2.05) is 13.8 Å². The molecule has 138 valence electrons. The monoisotopic (exact) mass is 357 g/mol. The van der Waals surface area contributed by atoms with E-state index < -0.39 is 5.91 Å². The Balaban J connectivity index is 2.08. The first-order valence-electron chi connectivity index (χ1n) is 8.84. The highest BCUT2D eigenvalue weighted by atomic mass is 19.1. The van der Waals surface area contributed by atoms with Gasteiger partial charge in [0.15, 0.2) is 0 Å². The second-order valence-electron chi connectivity index (χ2n) is 5.97. The third kappa shape index (κ3) is 5.12. The normalized spacial score (nSPS) is 10.4. The van der Waals surface area contributed by atoms with Gasteiger partial charge in [0.25, 0.3) is 11.8 Å². The Kier molecular flexibility index (Phi) is 7.26. The van der Waals surface area contributed by atoms with Crippen LogP contribution in [0.1, 0.15) is 53.2 Å². The first-order chi connectivity index (χ1) is 12.6. The maximum atomic E-state index is 13.6. The van der Waals surface area contributed by atoms with Crippen LogP contribution in [0, 0.1) is 5.82 Å². The lowest BCUT2D eigenvalue weighted by atomic mass is 10.2. The number of hydrogen-bond donors (Lipinski definition) is 1. The molecule has 0 fully saturated rings. The highest BCUT2D eigenvalue weighted by Crippen LogP contribution is 2.08. The molecular formula is C20H24FN3O2. The smallest absolute Gasteiger partial charge is 0.272 e. The molecule has 0 saturated heterocycles. The van der Waals surface area contributed by atoms with Crippen LogP contribution < -0.4 is 5.32 Å². The number of hydrogen-bond acceptors (Lipinski definition) is 3. The molecular weight excluding hydrogens is 333 g/mol. The number of rotatable bonds is 8. The van der Waals surface area contributed by atoms with E-state index in [1.165, 1.54) is 12.1 Å². The van der Waals surface area contributed by atoms with Gasteiger partial charge in [-0.05, 0) is 31.0 Å². The quantitative estimate of drug-likeness (QED) is 0.787. The Bertz CT molecular complexity index is 758. The van der Waals surface area contributed by atoms with Crippen LogP contribution in [0.4, 0.5) is 4.39 Å². The Hall–Kier alpha value is -2.76. The summed E-state index contributed by atoms with van der Waals surface area (Å²) in [5, 5.41) is 2.64. The molecule has 5 nitrogen and oxygen atoms in total. The van der Waals surface area contributed by atoms with Crippen LogP contribution >= 0.6 is 0 Å². The molecule has 0 aliphatic carbocycles. The predicted molar refractivity (Wildman–Crippen MR) is 98.3 cm³/mol. The highest BCUT2D eigenvalue weighted by Gasteiger charge is 2.17. The zero-order valence-corrected chi connectivity index (χ0v) is 15.2. The minimum atomic E-state index is -0.444. The lowest BCUT2D eigenvalue weighted by Gasteiger charge is -2.21. The molecule has 0 saturated carbocycles. The van der Waals surface area contributed by atoms with E-state index in [0.717, 1.165) is 12.8 Å². The average Bonchev–Trinajstić information content (AvgIpc) is 2.66. The third-order valence-corrected chi connectivity index (χ3v) is 3.87. The van der Waals surface area contributed by atoms with Gasteiger partial charge in [-0.2, -0.15) is 0 Å². The maximum absolute atomic E-state index is 13.6. The summed E-state index contributed by atoms with van der Waals surface area (Å²) >= 11 is 0. The van der Waals surface area contributed by atoms with Crippen molar-refractivity contribution in [3.05, 3.63) is 65.2 Å². The SMILES string of the molecule is CCCN(CCC)C(=O)c1cccc(C(=O)NCc2ccccc2F)n1. The Morgan fingerprint density at radius 3 is 2.31 bits per heavy atom. The lowest BCUT2D eigenvalue weighted by molar-refractivity contribution is 0.0749. The van der Waals surface area contributed by atoms with Gasteiger partial charge in [-0.3, -0.25) is 9.59 Å². The molecule has 0 aliphatic rings. The number of carbonyl (C=O) groups is 2. The molecule has 1 N–H and O–H groups in total. The third-order valence-electron chi connectivity index (χ3n) is 3.87. The molecule has 2 aromatic rings. The molecule has 0 radical (unpaired) electrons. The van der Waals surface area contributed by atoms with E-state index in [1.54, 1.807) is 35.2 Å². The molecule has 0 unspecified atom stereocenters. The lowest BCUT2D eigenvalue weighted by Crippen LogP contribution is -2.33. The van der Waals surface area contributed by atoms with Crippen molar-refractivity contribution in [2.45, 2.75) is 33.2 Å². The molecule has 0 atom stereocenters.